The molecule has 20 heavy (non-hydrogen) atoms. The molecule has 2 nitrogen and oxygen atoms in total. The second kappa shape index (κ2) is 9.68. The van der Waals surface area contributed by atoms with Gasteiger partial charge in [0.05, 0.1) is 0 Å². The Morgan fingerprint density at radius 1 is 1.00 bits per heavy atom. The van der Waals surface area contributed by atoms with Crippen molar-refractivity contribution in [2.75, 3.05) is 29.9 Å². The number of benzene rings is 1. The minimum atomic E-state index is 0.803. The van der Waals surface area contributed by atoms with E-state index in [-0.39, 0.29) is 0 Å². The van der Waals surface area contributed by atoms with E-state index in [1.807, 2.05) is 0 Å². The third-order valence-corrected chi connectivity index (χ3v) is 4.13. The van der Waals surface area contributed by atoms with Crippen molar-refractivity contribution in [1.82, 2.24) is 0 Å². The average Bonchev–Trinajstić information content (AvgIpc) is 2.50. The Balaban J connectivity index is 2.48. The molecule has 1 atom stereocenters. The van der Waals surface area contributed by atoms with Crippen molar-refractivity contribution in [3.63, 3.8) is 0 Å². The van der Waals surface area contributed by atoms with Crippen molar-refractivity contribution in [3.8, 4) is 0 Å². The molecule has 1 N–H and O–H groups in total. The van der Waals surface area contributed by atoms with Gasteiger partial charge in [0.2, 0.25) is 0 Å². The zero-order valence-corrected chi connectivity index (χ0v) is 13.8. The number of unbranched alkanes of at least 4 members (excludes halogenated alkanes) is 1. The lowest BCUT2D eigenvalue weighted by atomic mass is 9.99. The molecular weight excluding hydrogens is 244 g/mol. The summed E-state index contributed by atoms with van der Waals surface area (Å²) in [6.45, 7) is 12.2. The molecule has 1 aromatic rings. The van der Waals surface area contributed by atoms with Gasteiger partial charge >= 0.3 is 0 Å². The standard InChI is InChI=1S/C18H32N2/c1-5-9-10-16(6-2)15-19-17-11-13-18(14-12-17)20(7-3)8-4/h11-14,16,19H,5-10,15H2,1-4H3. The van der Waals surface area contributed by atoms with Gasteiger partial charge in [-0.15, -0.1) is 0 Å². The van der Waals surface area contributed by atoms with Crippen LogP contribution < -0.4 is 10.2 Å². The summed E-state index contributed by atoms with van der Waals surface area (Å²) in [6.07, 6.45) is 5.26. The molecule has 1 rings (SSSR count). The highest BCUT2D eigenvalue weighted by Gasteiger charge is 2.06. The molecule has 0 bridgehead atoms. The Hall–Kier alpha value is -1.18. The SMILES string of the molecule is CCCCC(CC)CNc1ccc(N(CC)CC)cc1. The predicted molar refractivity (Wildman–Crippen MR) is 91.8 cm³/mol. The lowest BCUT2D eigenvalue weighted by Crippen LogP contribution is -2.21. The molecule has 0 aliphatic heterocycles. The average molecular weight is 276 g/mol. The fourth-order valence-corrected chi connectivity index (χ4v) is 2.58. The quantitative estimate of drug-likeness (QED) is 0.635. The van der Waals surface area contributed by atoms with Crippen LogP contribution in [0.3, 0.4) is 0 Å². The van der Waals surface area contributed by atoms with Crippen LogP contribution in [0.1, 0.15) is 53.4 Å². The molecular formula is C18H32N2. The first-order chi connectivity index (χ1) is 9.74. The van der Waals surface area contributed by atoms with Crippen molar-refractivity contribution < 1.29 is 0 Å². The van der Waals surface area contributed by atoms with Crippen molar-refractivity contribution in [3.05, 3.63) is 24.3 Å². The molecule has 0 amide bonds. The van der Waals surface area contributed by atoms with Gasteiger partial charge in [-0.05, 0) is 50.5 Å². The largest absolute Gasteiger partial charge is 0.385 e. The summed E-state index contributed by atoms with van der Waals surface area (Å²) in [4.78, 5) is 2.37. The second-order valence-electron chi connectivity index (χ2n) is 5.52. The first-order valence-electron chi connectivity index (χ1n) is 8.33. The van der Waals surface area contributed by atoms with Crippen molar-refractivity contribution in [2.45, 2.75) is 53.4 Å². The fraction of sp³-hybridized carbons (Fsp3) is 0.667. The Morgan fingerprint density at radius 3 is 2.15 bits per heavy atom. The highest BCUT2D eigenvalue weighted by atomic mass is 15.1. The molecule has 0 saturated heterocycles. The Kier molecular flexibility index (Phi) is 8.17. The minimum absolute atomic E-state index is 0.803. The molecule has 0 fully saturated rings. The topological polar surface area (TPSA) is 15.3 Å². The van der Waals surface area contributed by atoms with Gasteiger partial charge in [0, 0.05) is 31.0 Å². The number of anilines is 2. The molecule has 2 heteroatoms. The van der Waals surface area contributed by atoms with E-state index in [1.165, 1.54) is 37.1 Å². The number of hydrogen-bond acceptors (Lipinski definition) is 2. The lowest BCUT2D eigenvalue weighted by Gasteiger charge is -2.21. The van der Waals surface area contributed by atoms with Gasteiger partial charge in [-0.25, -0.2) is 0 Å². The zero-order chi connectivity index (χ0) is 14.8. The Morgan fingerprint density at radius 2 is 1.65 bits per heavy atom. The number of hydrogen-bond donors (Lipinski definition) is 1. The number of nitrogens with zero attached hydrogens (tertiary/aromatic N) is 1. The monoisotopic (exact) mass is 276 g/mol. The molecule has 0 aliphatic rings. The molecule has 0 radical (unpaired) electrons. The van der Waals surface area contributed by atoms with E-state index >= 15 is 0 Å². The van der Waals surface area contributed by atoms with E-state index in [0.717, 1.165) is 25.6 Å². The molecule has 114 valence electrons. The van der Waals surface area contributed by atoms with Crippen LogP contribution in [0.15, 0.2) is 24.3 Å². The summed E-state index contributed by atoms with van der Waals surface area (Å²) < 4.78 is 0. The van der Waals surface area contributed by atoms with Crippen LogP contribution in [0, 0.1) is 5.92 Å². The van der Waals surface area contributed by atoms with Crippen LogP contribution in [0.5, 0.6) is 0 Å². The summed E-state index contributed by atoms with van der Waals surface area (Å²) in [5, 5.41) is 3.59. The summed E-state index contributed by atoms with van der Waals surface area (Å²) in [5.41, 5.74) is 2.56. The normalized spacial score (nSPS) is 12.2. The van der Waals surface area contributed by atoms with Gasteiger partial charge in [0.15, 0.2) is 0 Å². The predicted octanol–water partition coefficient (Wildman–Crippen LogP) is 5.16. The van der Waals surface area contributed by atoms with Crippen LogP contribution in [-0.2, 0) is 0 Å². The molecule has 0 heterocycles. The first kappa shape index (κ1) is 16.9. The van der Waals surface area contributed by atoms with Crippen LogP contribution in [0.2, 0.25) is 0 Å². The Labute approximate surface area is 125 Å². The van der Waals surface area contributed by atoms with E-state index in [4.69, 9.17) is 0 Å². The maximum atomic E-state index is 3.59. The summed E-state index contributed by atoms with van der Waals surface area (Å²) in [5.74, 6) is 0.803. The van der Waals surface area contributed by atoms with Gasteiger partial charge in [-0.3, -0.25) is 0 Å². The fourth-order valence-electron chi connectivity index (χ4n) is 2.58. The second-order valence-corrected chi connectivity index (χ2v) is 5.52. The molecule has 0 spiro atoms. The molecule has 0 saturated carbocycles. The number of rotatable bonds is 10. The summed E-state index contributed by atoms with van der Waals surface area (Å²) in [7, 11) is 0. The molecule has 1 unspecified atom stereocenters. The van der Waals surface area contributed by atoms with E-state index in [1.54, 1.807) is 0 Å². The smallest absolute Gasteiger partial charge is 0.0367 e. The van der Waals surface area contributed by atoms with E-state index in [0.29, 0.717) is 0 Å². The highest BCUT2D eigenvalue weighted by Crippen LogP contribution is 2.19. The van der Waals surface area contributed by atoms with Gasteiger partial charge in [-0.1, -0.05) is 33.1 Å². The van der Waals surface area contributed by atoms with Gasteiger partial charge in [0.25, 0.3) is 0 Å². The van der Waals surface area contributed by atoms with Crippen LogP contribution in [0.25, 0.3) is 0 Å². The molecule has 0 aliphatic carbocycles. The third-order valence-electron chi connectivity index (χ3n) is 4.13. The zero-order valence-electron chi connectivity index (χ0n) is 13.8. The maximum absolute atomic E-state index is 3.59. The lowest BCUT2D eigenvalue weighted by molar-refractivity contribution is 0.473. The third kappa shape index (κ3) is 5.44. The van der Waals surface area contributed by atoms with E-state index < -0.39 is 0 Å². The molecule has 1 aromatic carbocycles. The van der Waals surface area contributed by atoms with Crippen LogP contribution in [-0.4, -0.2) is 19.6 Å². The number of nitrogens with one attached hydrogen (secondary N) is 1. The highest BCUT2D eigenvalue weighted by molar-refractivity contribution is 5.55. The van der Waals surface area contributed by atoms with E-state index in [9.17, 15) is 0 Å². The minimum Gasteiger partial charge on any atom is -0.385 e. The first-order valence-corrected chi connectivity index (χ1v) is 8.33. The van der Waals surface area contributed by atoms with Crippen molar-refractivity contribution in [1.29, 1.82) is 0 Å². The Bertz CT molecular complexity index is 341. The summed E-state index contributed by atoms with van der Waals surface area (Å²) in [6, 6.07) is 8.87. The molecule has 0 aromatic heterocycles. The van der Waals surface area contributed by atoms with Crippen molar-refractivity contribution in [2.24, 2.45) is 5.92 Å². The van der Waals surface area contributed by atoms with Crippen molar-refractivity contribution >= 4 is 11.4 Å². The van der Waals surface area contributed by atoms with E-state index in [2.05, 4.69) is 62.2 Å². The van der Waals surface area contributed by atoms with Gasteiger partial charge in [-0.2, -0.15) is 0 Å². The summed E-state index contributed by atoms with van der Waals surface area (Å²) >= 11 is 0. The van der Waals surface area contributed by atoms with Crippen LogP contribution in [0.4, 0.5) is 11.4 Å². The maximum Gasteiger partial charge on any atom is 0.0367 e. The van der Waals surface area contributed by atoms with Gasteiger partial charge < -0.3 is 10.2 Å². The van der Waals surface area contributed by atoms with Gasteiger partial charge in [0.1, 0.15) is 0 Å². The van der Waals surface area contributed by atoms with Crippen LogP contribution >= 0.6 is 0 Å².